The van der Waals surface area contributed by atoms with Gasteiger partial charge >= 0.3 is 5.97 Å². The van der Waals surface area contributed by atoms with E-state index < -0.39 is 5.97 Å². The molecule has 0 saturated heterocycles. The number of nitrogens with zero attached hydrogens (tertiary/aromatic N) is 2. The molecule has 0 heterocycles. The Balaban J connectivity index is 3.15. The zero-order valence-corrected chi connectivity index (χ0v) is 10.3. The van der Waals surface area contributed by atoms with Gasteiger partial charge in [-0.05, 0) is 25.1 Å². The van der Waals surface area contributed by atoms with Gasteiger partial charge in [0.05, 0.1) is 12.3 Å². The van der Waals surface area contributed by atoms with Crippen molar-refractivity contribution in [2.24, 2.45) is 27.2 Å². The summed E-state index contributed by atoms with van der Waals surface area (Å²) in [5.41, 5.74) is 16.0. The third kappa shape index (κ3) is 4.19. The minimum atomic E-state index is -1.12. The van der Waals surface area contributed by atoms with Gasteiger partial charge in [-0.1, -0.05) is 0 Å². The summed E-state index contributed by atoms with van der Waals surface area (Å²) in [5.74, 6) is -1.26. The number of rotatable bonds is 4. The van der Waals surface area contributed by atoms with Crippen LogP contribution in [-0.4, -0.2) is 29.6 Å². The van der Waals surface area contributed by atoms with Crippen LogP contribution in [0.1, 0.15) is 17.3 Å². The Kier molecular flexibility index (Phi) is 4.69. The molecule has 0 radical (unpaired) electrons. The highest BCUT2D eigenvalue weighted by molar-refractivity contribution is 5.95. The van der Waals surface area contributed by atoms with Gasteiger partial charge in [0.25, 0.3) is 0 Å². The average Bonchev–Trinajstić information content (AvgIpc) is 2.30. The Labute approximate surface area is 109 Å². The molecule has 1 rings (SSSR count). The zero-order valence-electron chi connectivity index (χ0n) is 10.3. The standard InChI is InChI=1S/C11H15N5O3/c1-2-19-8-4-3-6(5-7(8)9(17)18)15-11(14)16-10(12)13/h3-5H,2H2,1H3,(H,17,18)(H6,12,13,14,15,16). The Morgan fingerprint density at radius 3 is 2.58 bits per heavy atom. The third-order valence-corrected chi connectivity index (χ3v) is 1.98. The molecule has 0 spiro atoms. The van der Waals surface area contributed by atoms with Crippen LogP contribution in [0, 0.1) is 0 Å². The van der Waals surface area contributed by atoms with Gasteiger partial charge in [-0.15, -0.1) is 0 Å². The summed E-state index contributed by atoms with van der Waals surface area (Å²) < 4.78 is 5.19. The fourth-order valence-corrected chi connectivity index (χ4v) is 1.33. The van der Waals surface area contributed by atoms with Gasteiger partial charge in [-0.25, -0.2) is 9.79 Å². The fourth-order valence-electron chi connectivity index (χ4n) is 1.33. The van der Waals surface area contributed by atoms with Crippen molar-refractivity contribution in [1.29, 1.82) is 0 Å². The number of aliphatic imine (C=N–C) groups is 2. The number of ether oxygens (including phenoxy) is 1. The SMILES string of the molecule is CCOc1ccc(N=C(N)N=C(N)N)cc1C(=O)O. The number of hydrogen-bond acceptors (Lipinski definition) is 3. The molecule has 0 amide bonds. The second-order valence-corrected chi connectivity index (χ2v) is 3.43. The molecule has 0 atom stereocenters. The van der Waals surface area contributed by atoms with E-state index in [4.69, 9.17) is 27.0 Å². The first-order valence-corrected chi connectivity index (χ1v) is 5.38. The minimum Gasteiger partial charge on any atom is -0.493 e. The largest absolute Gasteiger partial charge is 0.493 e. The molecule has 0 fully saturated rings. The number of nitrogens with two attached hydrogens (primary N) is 3. The van der Waals surface area contributed by atoms with Crippen LogP contribution in [0.3, 0.4) is 0 Å². The minimum absolute atomic E-state index is 0.0133. The van der Waals surface area contributed by atoms with Crippen LogP contribution < -0.4 is 21.9 Å². The summed E-state index contributed by atoms with van der Waals surface area (Å²) in [6, 6.07) is 4.36. The summed E-state index contributed by atoms with van der Waals surface area (Å²) in [6.45, 7) is 2.12. The molecule has 8 heteroatoms. The lowest BCUT2D eigenvalue weighted by atomic mass is 10.2. The summed E-state index contributed by atoms with van der Waals surface area (Å²) >= 11 is 0. The predicted molar refractivity (Wildman–Crippen MR) is 71.7 cm³/mol. The molecule has 0 aliphatic heterocycles. The van der Waals surface area contributed by atoms with Gasteiger partial charge in [0.15, 0.2) is 5.96 Å². The molecule has 1 aromatic rings. The van der Waals surface area contributed by atoms with Gasteiger partial charge in [-0.3, -0.25) is 0 Å². The van der Waals surface area contributed by atoms with Crippen LogP contribution in [0.2, 0.25) is 0 Å². The van der Waals surface area contributed by atoms with Gasteiger partial charge in [0, 0.05) is 0 Å². The van der Waals surface area contributed by atoms with E-state index in [1.54, 1.807) is 13.0 Å². The van der Waals surface area contributed by atoms with Crippen molar-refractivity contribution in [2.45, 2.75) is 6.92 Å². The lowest BCUT2D eigenvalue weighted by molar-refractivity contribution is 0.0692. The molecule has 7 N–H and O–H groups in total. The number of hydrogen-bond donors (Lipinski definition) is 4. The lowest BCUT2D eigenvalue weighted by Crippen LogP contribution is -2.26. The van der Waals surface area contributed by atoms with Crippen molar-refractivity contribution in [1.82, 2.24) is 0 Å². The van der Waals surface area contributed by atoms with Crippen molar-refractivity contribution in [2.75, 3.05) is 6.61 Å². The van der Waals surface area contributed by atoms with Crippen molar-refractivity contribution in [3.05, 3.63) is 23.8 Å². The molecule has 19 heavy (non-hydrogen) atoms. The highest BCUT2D eigenvalue weighted by Gasteiger charge is 2.12. The molecule has 102 valence electrons. The first-order chi connectivity index (χ1) is 8.93. The lowest BCUT2D eigenvalue weighted by Gasteiger charge is -2.07. The third-order valence-electron chi connectivity index (χ3n) is 1.98. The van der Waals surface area contributed by atoms with Crippen LogP contribution in [0.5, 0.6) is 5.75 Å². The van der Waals surface area contributed by atoms with Crippen molar-refractivity contribution < 1.29 is 14.6 Å². The molecule has 8 nitrogen and oxygen atoms in total. The summed E-state index contributed by atoms with van der Waals surface area (Å²) in [6.07, 6.45) is 0. The van der Waals surface area contributed by atoms with Gasteiger partial charge < -0.3 is 27.0 Å². The molecule has 0 unspecified atom stereocenters. The second-order valence-electron chi connectivity index (χ2n) is 3.43. The number of carbonyl (C=O) groups is 1. The molecule has 0 bridgehead atoms. The quantitative estimate of drug-likeness (QED) is 0.444. The van der Waals surface area contributed by atoms with Gasteiger partial charge in [0.1, 0.15) is 11.3 Å². The maximum atomic E-state index is 11.1. The zero-order chi connectivity index (χ0) is 14.4. The average molecular weight is 265 g/mol. The van der Waals surface area contributed by atoms with Crippen molar-refractivity contribution in [3.8, 4) is 5.75 Å². The van der Waals surface area contributed by atoms with E-state index in [0.29, 0.717) is 12.3 Å². The first-order valence-electron chi connectivity index (χ1n) is 5.38. The Bertz CT molecular complexity index is 535. The predicted octanol–water partition coefficient (Wildman–Crippen LogP) is 0.00310. The second kappa shape index (κ2) is 6.24. The summed E-state index contributed by atoms with van der Waals surface area (Å²) in [7, 11) is 0. The molecule has 0 aliphatic rings. The van der Waals surface area contributed by atoms with Crippen molar-refractivity contribution in [3.63, 3.8) is 0 Å². The van der Waals surface area contributed by atoms with Crippen LogP contribution in [-0.2, 0) is 0 Å². The maximum absolute atomic E-state index is 11.1. The van der Waals surface area contributed by atoms with E-state index in [-0.39, 0.29) is 23.2 Å². The van der Waals surface area contributed by atoms with E-state index in [1.165, 1.54) is 12.1 Å². The smallest absolute Gasteiger partial charge is 0.339 e. The fraction of sp³-hybridized carbons (Fsp3) is 0.182. The summed E-state index contributed by atoms with van der Waals surface area (Å²) in [5, 5.41) is 9.07. The maximum Gasteiger partial charge on any atom is 0.339 e. The number of carboxylic acid groups (broad SMARTS) is 1. The Hall–Kier alpha value is -2.77. The normalized spacial score (nSPS) is 10.9. The summed E-state index contributed by atoms with van der Waals surface area (Å²) in [4.78, 5) is 18.5. The number of guanidine groups is 2. The Morgan fingerprint density at radius 2 is 2.05 bits per heavy atom. The van der Waals surface area contributed by atoms with E-state index in [1.807, 2.05) is 0 Å². The molecule has 0 saturated carbocycles. The molecule has 0 aromatic heterocycles. The molecule has 0 aliphatic carbocycles. The van der Waals surface area contributed by atoms with Gasteiger partial charge in [-0.2, -0.15) is 4.99 Å². The van der Waals surface area contributed by atoms with Gasteiger partial charge in [0.2, 0.25) is 5.96 Å². The van der Waals surface area contributed by atoms with E-state index >= 15 is 0 Å². The molecular weight excluding hydrogens is 250 g/mol. The number of aromatic carboxylic acids is 1. The van der Waals surface area contributed by atoms with Crippen molar-refractivity contribution >= 4 is 23.6 Å². The van der Waals surface area contributed by atoms with Crippen LogP contribution in [0.25, 0.3) is 0 Å². The van der Waals surface area contributed by atoms with Crippen LogP contribution in [0.15, 0.2) is 28.2 Å². The van der Waals surface area contributed by atoms with Crippen LogP contribution in [0.4, 0.5) is 5.69 Å². The van der Waals surface area contributed by atoms with E-state index in [9.17, 15) is 4.79 Å². The highest BCUT2D eigenvalue weighted by atomic mass is 16.5. The highest BCUT2D eigenvalue weighted by Crippen LogP contribution is 2.24. The first kappa shape index (κ1) is 14.3. The molecular formula is C11H15N5O3. The molecule has 1 aromatic carbocycles. The van der Waals surface area contributed by atoms with E-state index in [0.717, 1.165) is 0 Å². The number of benzene rings is 1. The van der Waals surface area contributed by atoms with E-state index in [2.05, 4.69) is 9.98 Å². The monoisotopic (exact) mass is 265 g/mol. The van der Waals surface area contributed by atoms with Crippen LogP contribution >= 0.6 is 0 Å². The number of carboxylic acids is 1. The topological polar surface area (TPSA) is 149 Å². The Morgan fingerprint density at radius 1 is 1.37 bits per heavy atom.